The largest absolute Gasteiger partial charge is 0.386 e. The van der Waals surface area contributed by atoms with Gasteiger partial charge < -0.3 is 20.6 Å². The SMILES string of the molecule is CCNC(=NCC(O)c1ccc(Cl)s1)NC1CCN(c2ccccc2)C1. The fourth-order valence-electron chi connectivity index (χ4n) is 3.04. The van der Waals surface area contributed by atoms with Crippen LogP contribution in [0, 0.1) is 0 Å². The van der Waals surface area contributed by atoms with E-state index in [-0.39, 0.29) is 0 Å². The second kappa shape index (κ2) is 9.26. The minimum atomic E-state index is -0.632. The van der Waals surface area contributed by atoms with Crippen LogP contribution in [-0.2, 0) is 0 Å². The van der Waals surface area contributed by atoms with Crippen molar-refractivity contribution in [1.82, 2.24) is 10.6 Å². The van der Waals surface area contributed by atoms with E-state index in [4.69, 9.17) is 11.6 Å². The molecule has 0 bridgehead atoms. The summed E-state index contributed by atoms with van der Waals surface area (Å²) in [5.74, 6) is 0.745. The number of benzene rings is 1. The van der Waals surface area contributed by atoms with Gasteiger partial charge in [0.05, 0.1) is 10.9 Å². The van der Waals surface area contributed by atoms with Gasteiger partial charge in [-0.15, -0.1) is 11.3 Å². The van der Waals surface area contributed by atoms with Crippen LogP contribution < -0.4 is 15.5 Å². The summed E-state index contributed by atoms with van der Waals surface area (Å²) in [5.41, 5.74) is 1.25. The van der Waals surface area contributed by atoms with E-state index in [1.807, 2.05) is 19.1 Å². The molecule has 1 aromatic carbocycles. The molecule has 5 nitrogen and oxygen atoms in total. The van der Waals surface area contributed by atoms with Crippen LogP contribution in [0.5, 0.6) is 0 Å². The number of nitrogens with one attached hydrogen (secondary N) is 2. The van der Waals surface area contributed by atoms with Gasteiger partial charge in [-0.3, -0.25) is 4.99 Å². The lowest BCUT2D eigenvalue weighted by Crippen LogP contribution is -2.44. The van der Waals surface area contributed by atoms with Crippen molar-refractivity contribution < 1.29 is 5.11 Å². The molecular formula is C19H25ClN4OS. The number of para-hydroxylation sites is 1. The number of halogens is 1. The Morgan fingerprint density at radius 2 is 2.15 bits per heavy atom. The summed E-state index contributed by atoms with van der Waals surface area (Å²) in [6, 6.07) is 14.4. The standard InChI is InChI=1S/C19H25ClN4OS/c1-2-21-19(22-12-16(25)17-8-9-18(20)26-17)23-14-10-11-24(13-14)15-6-4-3-5-7-15/h3-9,14,16,25H,2,10-13H2,1H3,(H2,21,22,23). The summed E-state index contributed by atoms with van der Waals surface area (Å²) < 4.78 is 0.681. The third-order valence-corrected chi connectivity index (χ3v) is 5.67. The minimum absolute atomic E-state index is 0.307. The number of anilines is 1. The van der Waals surface area contributed by atoms with Gasteiger partial charge in [-0.05, 0) is 37.6 Å². The molecule has 2 aromatic rings. The Morgan fingerprint density at radius 1 is 1.35 bits per heavy atom. The van der Waals surface area contributed by atoms with Crippen LogP contribution in [-0.4, -0.2) is 43.3 Å². The van der Waals surface area contributed by atoms with E-state index in [1.54, 1.807) is 6.07 Å². The quantitative estimate of drug-likeness (QED) is 0.521. The molecule has 0 amide bonds. The Balaban J connectivity index is 1.56. The molecule has 0 spiro atoms. The molecule has 7 heteroatoms. The number of aliphatic imine (C=N–C) groups is 1. The first kappa shape index (κ1) is 19.0. The van der Waals surface area contributed by atoms with E-state index in [9.17, 15) is 5.11 Å². The molecule has 26 heavy (non-hydrogen) atoms. The van der Waals surface area contributed by atoms with Crippen LogP contribution in [0.15, 0.2) is 47.5 Å². The zero-order chi connectivity index (χ0) is 18.4. The van der Waals surface area contributed by atoms with Gasteiger partial charge >= 0.3 is 0 Å². The van der Waals surface area contributed by atoms with Crippen molar-refractivity contribution in [2.45, 2.75) is 25.5 Å². The van der Waals surface area contributed by atoms with Crippen LogP contribution in [0.4, 0.5) is 5.69 Å². The van der Waals surface area contributed by atoms with Crippen molar-refractivity contribution in [3.8, 4) is 0 Å². The molecule has 2 heterocycles. The van der Waals surface area contributed by atoms with Gasteiger partial charge in [0.1, 0.15) is 6.10 Å². The van der Waals surface area contributed by atoms with Gasteiger partial charge in [0.15, 0.2) is 5.96 Å². The number of aliphatic hydroxyl groups excluding tert-OH is 1. The first-order valence-electron chi connectivity index (χ1n) is 8.94. The zero-order valence-electron chi connectivity index (χ0n) is 14.9. The molecule has 1 aromatic heterocycles. The average molecular weight is 393 g/mol. The van der Waals surface area contributed by atoms with Crippen molar-refractivity contribution >= 4 is 34.6 Å². The molecule has 3 N–H and O–H groups in total. The highest BCUT2D eigenvalue weighted by molar-refractivity contribution is 7.16. The summed E-state index contributed by atoms with van der Waals surface area (Å²) >= 11 is 7.33. The Morgan fingerprint density at radius 3 is 2.85 bits per heavy atom. The fourth-order valence-corrected chi connectivity index (χ4v) is 4.08. The van der Waals surface area contributed by atoms with Gasteiger partial charge in [-0.25, -0.2) is 0 Å². The summed E-state index contributed by atoms with van der Waals surface area (Å²) in [7, 11) is 0. The predicted octanol–water partition coefficient (Wildman–Crippen LogP) is 3.27. The minimum Gasteiger partial charge on any atom is -0.386 e. The van der Waals surface area contributed by atoms with Crippen molar-refractivity contribution in [3.05, 3.63) is 51.7 Å². The molecule has 0 radical (unpaired) electrons. The maximum atomic E-state index is 10.3. The van der Waals surface area contributed by atoms with Gasteiger partial charge in [0.25, 0.3) is 0 Å². The molecule has 140 valence electrons. The molecule has 0 aliphatic carbocycles. The first-order chi connectivity index (χ1) is 12.7. The molecule has 1 aliphatic heterocycles. The molecule has 2 atom stereocenters. The Labute approximate surface area is 163 Å². The topological polar surface area (TPSA) is 59.9 Å². The maximum absolute atomic E-state index is 10.3. The molecular weight excluding hydrogens is 368 g/mol. The van der Waals surface area contributed by atoms with Crippen LogP contribution in [0.25, 0.3) is 0 Å². The monoisotopic (exact) mass is 392 g/mol. The molecule has 1 aliphatic rings. The fraction of sp³-hybridized carbons (Fsp3) is 0.421. The molecule has 1 saturated heterocycles. The van der Waals surface area contributed by atoms with Crippen LogP contribution in [0.1, 0.15) is 24.3 Å². The smallest absolute Gasteiger partial charge is 0.191 e. The third kappa shape index (κ3) is 5.13. The second-order valence-corrected chi connectivity index (χ2v) is 8.04. The number of aliphatic hydroxyl groups is 1. The van der Waals surface area contributed by atoms with Crippen molar-refractivity contribution in [2.24, 2.45) is 4.99 Å². The van der Waals surface area contributed by atoms with E-state index in [0.29, 0.717) is 16.9 Å². The highest BCUT2D eigenvalue weighted by Gasteiger charge is 2.23. The number of hydrogen-bond acceptors (Lipinski definition) is 4. The molecule has 0 saturated carbocycles. The number of thiophene rings is 1. The van der Waals surface area contributed by atoms with E-state index in [2.05, 4.69) is 44.8 Å². The molecule has 3 rings (SSSR count). The lowest BCUT2D eigenvalue weighted by molar-refractivity contribution is 0.191. The van der Waals surface area contributed by atoms with Crippen LogP contribution >= 0.6 is 22.9 Å². The normalized spacial score (nSPS) is 18.8. The van der Waals surface area contributed by atoms with Crippen LogP contribution in [0.2, 0.25) is 4.34 Å². The van der Waals surface area contributed by atoms with Gasteiger partial charge in [-0.1, -0.05) is 29.8 Å². The third-order valence-electron chi connectivity index (χ3n) is 4.34. The molecule has 1 fully saturated rings. The lowest BCUT2D eigenvalue weighted by atomic mass is 10.2. The number of hydrogen-bond donors (Lipinski definition) is 3. The van der Waals surface area contributed by atoms with Crippen molar-refractivity contribution in [1.29, 1.82) is 0 Å². The number of nitrogens with zero attached hydrogens (tertiary/aromatic N) is 2. The molecule has 2 unspecified atom stereocenters. The van der Waals surface area contributed by atoms with Crippen molar-refractivity contribution in [3.63, 3.8) is 0 Å². The Hall–Kier alpha value is -1.76. The number of guanidine groups is 1. The lowest BCUT2D eigenvalue weighted by Gasteiger charge is -2.20. The zero-order valence-corrected chi connectivity index (χ0v) is 16.4. The summed E-state index contributed by atoms with van der Waals surface area (Å²) in [5, 5.41) is 17.0. The van der Waals surface area contributed by atoms with Crippen molar-refractivity contribution in [2.75, 3.05) is 31.1 Å². The Kier molecular flexibility index (Phi) is 6.77. The van der Waals surface area contributed by atoms with E-state index in [1.165, 1.54) is 17.0 Å². The highest BCUT2D eigenvalue weighted by Crippen LogP contribution is 2.27. The highest BCUT2D eigenvalue weighted by atomic mass is 35.5. The summed E-state index contributed by atoms with van der Waals surface area (Å²) in [4.78, 5) is 7.77. The van der Waals surface area contributed by atoms with E-state index >= 15 is 0 Å². The van der Waals surface area contributed by atoms with E-state index in [0.717, 1.165) is 36.9 Å². The summed E-state index contributed by atoms with van der Waals surface area (Å²) in [6.45, 7) is 5.09. The van der Waals surface area contributed by atoms with Gasteiger partial charge in [-0.2, -0.15) is 0 Å². The first-order valence-corrected chi connectivity index (χ1v) is 10.1. The second-order valence-electron chi connectivity index (χ2n) is 6.29. The number of rotatable bonds is 6. The maximum Gasteiger partial charge on any atom is 0.191 e. The van der Waals surface area contributed by atoms with Crippen LogP contribution in [0.3, 0.4) is 0 Å². The van der Waals surface area contributed by atoms with Gasteiger partial charge in [0, 0.05) is 36.2 Å². The summed E-state index contributed by atoms with van der Waals surface area (Å²) in [6.07, 6.45) is 0.426. The van der Waals surface area contributed by atoms with Gasteiger partial charge in [0.2, 0.25) is 0 Å². The Bertz CT molecular complexity index is 721. The predicted molar refractivity (Wildman–Crippen MR) is 110 cm³/mol. The van der Waals surface area contributed by atoms with E-state index < -0.39 is 6.10 Å². The average Bonchev–Trinajstić information content (AvgIpc) is 3.29.